The number of benzene rings is 1. The molecule has 0 aliphatic carbocycles. The van der Waals surface area contributed by atoms with E-state index in [1.165, 1.54) is 11.0 Å². The molecule has 1 aliphatic heterocycles. The second-order valence-corrected chi connectivity index (χ2v) is 6.38. The summed E-state index contributed by atoms with van der Waals surface area (Å²) in [6.45, 7) is 5.10. The van der Waals surface area contributed by atoms with Gasteiger partial charge in [0.15, 0.2) is 0 Å². The standard InChI is InChI=1S/C17H23F2N3O2/c1-11(2)16(23)20-9-12-5-4-8-22(10-12)17(24)21-15-13(18)6-3-7-14(15)19/h3,6-7,11-12H,4-5,8-10H2,1-2H3,(H,20,23)(H,21,24)/t12-/m1/s1. The minimum atomic E-state index is -0.805. The minimum Gasteiger partial charge on any atom is -0.356 e. The van der Waals surface area contributed by atoms with E-state index in [2.05, 4.69) is 10.6 Å². The summed E-state index contributed by atoms with van der Waals surface area (Å²) in [7, 11) is 0. The van der Waals surface area contributed by atoms with Crippen molar-refractivity contribution < 1.29 is 18.4 Å². The summed E-state index contributed by atoms with van der Waals surface area (Å²) < 4.78 is 27.2. The third kappa shape index (κ3) is 4.66. The highest BCUT2D eigenvalue weighted by Gasteiger charge is 2.25. The molecule has 1 aliphatic rings. The number of anilines is 1. The molecule has 3 amide bonds. The predicted molar refractivity (Wildman–Crippen MR) is 87.5 cm³/mol. The molecule has 0 radical (unpaired) electrons. The Labute approximate surface area is 140 Å². The Balaban J connectivity index is 1.92. The van der Waals surface area contributed by atoms with Crippen molar-refractivity contribution in [3.8, 4) is 0 Å². The molecule has 1 saturated heterocycles. The van der Waals surface area contributed by atoms with E-state index < -0.39 is 23.4 Å². The van der Waals surface area contributed by atoms with Crippen molar-refractivity contribution in [3.63, 3.8) is 0 Å². The molecule has 1 heterocycles. The highest BCUT2D eigenvalue weighted by Crippen LogP contribution is 2.21. The number of urea groups is 1. The van der Waals surface area contributed by atoms with Gasteiger partial charge in [0.05, 0.1) is 0 Å². The first-order chi connectivity index (χ1) is 11.4. The van der Waals surface area contributed by atoms with Crippen LogP contribution in [0.25, 0.3) is 0 Å². The number of likely N-dealkylation sites (tertiary alicyclic amines) is 1. The van der Waals surface area contributed by atoms with Crippen molar-refractivity contribution in [2.75, 3.05) is 25.0 Å². The maximum atomic E-state index is 13.6. The molecule has 24 heavy (non-hydrogen) atoms. The van der Waals surface area contributed by atoms with Crippen molar-refractivity contribution in [1.82, 2.24) is 10.2 Å². The van der Waals surface area contributed by atoms with Gasteiger partial charge in [-0.3, -0.25) is 4.79 Å². The normalized spacial score (nSPS) is 17.7. The second-order valence-electron chi connectivity index (χ2n) is 6.38. The molecule has 0 aromatic heterocycles. The molecular formula is C17H23F2N3O2. The SMILES string of the molecule is CC(C)C(=O)NC[C@H]1CCCN(C(=O)Nc2c(F)cccc2F)C1. The van der Waals surface area contributed by atoms with Crippen LogP contribution in [0.3, 0.4) is 0 Å². The van der Waals surface area contributed by atoms with Gasteiger partial charge in [-0.15, -0.1) is 0 Å². The first-order valence-corrected chi connectivity index (χ1v) is 8.16. The summed E-state index contributed by atoms with van der Waals surface area (Å²) in [6.07, 6.45) is 1.69. The van der Waals surface area contributed by atoms with Crippen molar-refractivity contribution >= 4 is 17.6 Å². The summed E-state index contributed by atoms with van der Waals surface area (Å²) in [4.78, 5) is 25.4. The van der Waals surface area contributed by atoms with Gasteiger partial charge in [0.2, 0.25) is 5.91 Å². The Hall–Kier alpha value is -2.18. The van der Waals surface area contributed by atoms with Crippen LogP contribution in [0.2, 0.25) is 0 Å². The van der Waals surface area contributed by atoms with Crippen LogP contribution in [0.4, 0.5) is 19.3 Å². The van der Waals surface area contributed by atoms with E-state index in [-0.39, 0.29) is 17.7 Å². The fourth-order valence-corrected chi connectivity index (χ4v) is 2.67. The van der Waals surface area contributed by atoms with Gasteiger partial charge >= 0.3 is 6.03 Å². The average molecular weight is 339 g/mol. The molecule has 1 aromatic carbocycles. The van der Waals surface area contributed by atoms with Gasteiger partial charge in [-0.05, 0) is 30.9 Å². The summed E-state index contributed by atoms with van der Waals surface area (Å²) >= 11 is 0. The molecule has 0 saturated carbocycles. The fourth-order valence-electron chi connectivity index (χ4n) is 2.67. The van der Waals surface area contributed by atoms with Crippen molar-refractivity contribution in [3.05, 3.63) is 29.8 Å². The molecule has 0 spiro atoms. The molecule has 1 atom stereocenters. The number of para-hydroxylation sites is 1. The monoisotopic (exact) mass is 339 g/mol. The molecule has 0 unspecified atom stereocenters. The van der Waals surface area contributed by atoms with Crippen LogP contribution in [0.5, 0.6) is 0 Å². The Morgan fingerprint density at radius 1 is 1.29 bits per heavy atom. The zero-order chi connectivity index (χ0) is 17.7. The Bertz CT molecular complexity index is 587. The lowest BCUT2D eigenvalue weighted by Gasteiger charge is -2.33. The zero-order valence-corrected chi connectivity index (χ0v) is 13.9. The average Bonchev–Trinajstić information content (AvgIpc) is 2.56. The summed E-state index contributed by atoms with van der Waals surface area (Å²) in [5.74, 6) is -1.58. The second kappa shape index (κ2) is 8.08. The van der Waals surface area contributed by atoms with Crippen LogP contribution >= 0.6 is 0 Å². The Kier molecular flexibility index (Phi) is 6.11. The molecule has 1 aromatic rings. The topological polar surface area (TPSA) is 61.4 Å². The van der Waals surface area contributed by atoms with Crippen molar-refractivity contribution in [1.29, 1.82) is 0 Å². The number of nitrogens with zero attached hydrogens (tertiary/aromatic N) is 1. The van der Waals surface area contributed by atoms with E-state index in [1.807, 2.05) is 13.8 Å². The van der Waals surface area contributed by atoms with Crippen LogP contribution in [0, 0.1) is 23.5 Å². The largest absolute Gasteiger partial charge is 0.356 e. The first-order valence-electron chi connectivity index (χ1n) is 8.16. The highest BCUT2D eigenvalue weighted by atomic mass is 19.1. The molecule has 7 heteroatoms. The highest BCUT2D eigenvalue weighted by molar-refractivity contribution is 5.89. The predicted octanol–water partition coefficient (Wildman–Crippen LogP) is 2.98. The minimum absolute atomic E-state index is 0.0231. The van der Waals surface area contributed by atoms with Gasteiger partial charge in [-0.2, -0.15) is 0 Å². The maximum Gasteiger partial charge on any atom is 0.322 e. The number of carbonyl (C=O) groups excluding carboxylic acids is 2. The number of hydrogen-bond donors (Lipinski definition) is 2. The number of halogens is 2. The van der Waals surface area contributed by atoms with Crippen LogP contribution in [-0.2, 0) is 4.79 Å². The van der Waals surface area contributed by atoms with Gasteiger partial charge in [-0.25, -0.2) is 13.6 Å². The van der Waals surface area contributed by atoms with Gasteiger partial charge in [0, 0.05) is 25.6 Å². The van der Waals surface area contributed by atoms with E-state index in [1.54, 1.807) is 0 Å². The molecule has 1 fully saturated rings. The third-order valence-electron chi connectivity index (χ3n) is 4.09. The number of amides is 3. The molecule has 0 bridgehead atoms. The van der Waals surface area contributed by atoms with Crippen molar-refractivity contribution in [2.24, 2.45) is 11.8 Å². The molecule has 2 N–H and O–H groups in total. The molecule has 132 valence electrons. The summed E-state index contributed by atoms with van der Waals surface area (Å²) in [5, 5.41) is 5.16. The summed E-state index contributed by atoms with van der Waals surface area (Å²) in [5.41, 5.74) is -0.433. The number of piperidine rings is 1. The quantitative estimate of drug-likeness (QED) is 0.886. The van der Waals surface area contributed by atoms with E-state index in [0.717, 1.165) is 25.0 Å². The fraction of sp³-hybridized carbons (Fsp3) is 0.529. The summed E-state index contributed by atoms with van der Waals surface area (Å²) in [6, 6.07) is 2.91. The number of nitrogens with one attached hydrogen (secondary N) is 2. The molecule has 5 nitrogen and oxygen atoms in total. The smallest absolute Gasteiger partial charge is 0.322 e. The molecular weight excluding hydrogens is 316 g/mol. The van der Waals surface area contributed by atoms with Gasteiger partial charge in [0.1, 0.15) is 17.3 Å². The van der Waals surface area contributed by atoms with Crippen molar-refractivity contribution in [2.45, 2.75) is 26.7 Å². The third-order valence-corrected chi connectivity index (χ3v) is 4.09. The Morgan fingerprint density at radius 2 is 1.96 bits per heavy atom. The zero-order valence-electron chi connectivity index (χ0n) is 13.9. The van der Waals surface area contributed by atoms with Crippen LogP contribution in [0.15, 0.2) is 18.2 Å². The lowest BCUT2D eigenvalue weighted by Crippen LogP contribution is -2.45. The van der Waals surface area contributed by atoms with E-state index in [4.69, 9.17) is 0 Å². The number of carbonyl (C=O) groups is 2. The molecule has 2 rings (SSSR count). The number of hydrogen-bond acceptors (Lipinski definition) is 2. The van der Waals surface area contributed by atoms with Gasteiger partial charge < -0.3 is 15.5 Å². The van der Waals surface area contributed by atoms with Crippen LogP contribution in [-0.4, -0.2) is 36.5 Å². The first kappa shape index (κ1) is 18.2. The van der Waals surface area contributed by atoms with E-state index in [9.17, 15) is 18.4 Å². The van der Waals surface area contributed by atoms with Gasteiger partial charge in [-0.1, -0.05) is 19.9 Å². The Morgan fingerprint density at radius 3 is 2.58 bits per heavy atom. The lowest BCUT2D eigenvalue weighted by atomic mass is 9.98. The van der Waals surface area contributed by atoms with E-state index in [0.29, 0.717) is 19.6 Å². The maximum absolute atomic E-state index is 13.6. The lowest BCUT2D eigenvalue weighted by molar-refractivity contribution is -0.124. The van der Waals surface area contributed by atoms with E-state index >= 15 is 0 Å². The van der Waals surface area contributed by atoms with Crippen LogP contribution < -0.4 is 10.6 Å². The van der Waals surface area contributed by atoms with Gasteiger partial charge in [0.25, 0.3) is 0 Å². The number of rotatable bonds is 4. The van der Waals surface area contributed by atoms with Crippen LogP contribution in [0.1, 0.15) is 26.7 Å².